The standard InChI is InChI=1S/C25H30N4O4/c1-16(2)28-12-10-18(11-13-28)26-24(30)23-27-22-20(25(31)32)8-5-9-21(22)29(23)15-17-6-4-7-19(14-17)33-3/h4-9,14,16,18H,10-13,15H2,1-3H3,(H,26,30)(H,31,32). The summed E-state index contributed by atoms with van der Waals surface area (Å²) >= 11 is 0. The maximum atomic E-state index is 13.3. The van der Waals surface area contributed by atoms with Crippen LogP contribution in [0.5, 0.6) is 5.75 Å². The number of rotatable bonds is 7. The minimum Gasteiger partial charge on any atom is -0.497 e. The third kappa shape index (κ3) is 4.85. The van der Waals surface area contributed by atoms with E-state index in [2.05, 4.69) is 29.0 Å². The Morgan fingerprint density at radius 3 is 2.58 bits per heavy atom. The summed E-state index contributed by atoms with van der Waals surface area (Å²) in [6.07, 6.45) is 1.75. The lowest BCUT2D eigenvalue weighted by atomic mass is 10.0. The van der Waals surface area contributed by atoms with Crippen LogP contribution in [0.1, 0.15) is 53.2 Å². The molecule has 2 heterocycles. The Morgan fingerprint density at radius 1 is 1.18 bits per heavy atom. The molecule has 1 aliphatic heterocycles. The number of piperidine rings is 1. The zero-order chi connectivity index (χ0) is 23.5. The highest BCUT2D eigenvalue weighted by atomic mass is 16.5. The van der Waals surface area contributed by atoms with Crippen molar-refractivity contribution in [2.24, 2.45) is 0 Å². The van der Waals surface area contributed by atoms with Gasteiger partial charge >= 0.3 is 5.97 Å². The van der Waals surface area contributed by atoms with Crippen molar-refractivity contribution in [2.75, 3.05) is 20.2 Å². The second-order valence-electron chi connectivity index (χ2n) is 8.73. The molecule has 1 fully saturated rings. The van der Waals surface area contributed by atoms with Gasteiger partial charge in [0.15, 0.2) is 5.82 Å². The van der Waals surface area contributed by atoms with E-state index in [0.717, 1.165) is 31.5 Å². The van der Waals surface area contributed by atoms with Gasteiger partial charge in [0.25, 0.3) is 5.91 Å². The summed E-state index contributed by atoms with van der Waals surface area (Å²) in [7, 11) is 1.61. The van der Waals surface area contributed by atoms with Crippen molar-refractivity contribution in [1.82, 2.24) is 19.8 Å². The topological polar surface area (TPSA) is 96.7 Å². The molecule has 1 aliphatic rings. The molecule has 8 heteroatoms. The van der Waals surface area contributed by atoms with Crippen LogP contribution in [-0.4, -0.2) is 63.7 Å². The molecule has 33 heavy (non-hydrogen) atoms. The highest BCUT2D eigenvalue weighted by Crippen LogP contribution is 2.24. The average Bonchev–Trinajstić information content (AvgIpc) is 3.18. The van der Waals surface area contributed by atoms with Crippen molar-refractivity contribution >= 4 is 22.9 Å². The van der Waals surface area contributed by atoms with Crippen LogP contribution in [0.15, 0.2) is 42.5 Å². The van der Waals surface area contributed by atoms with Crippen molar-refractivity contribution in [3.63, 3.8) is 0 Å². The van der Waals surface area contributed by atoms with E-state index >= 15 is 0 Å². The highest BCUT2D eigenvalue weighted by molar-refractivity contribution is 6.03. The maximum Gasteiger partial charge on any atom is 0.337 e. The first kappa shape index (κ1) is 22.8. The number of imidazole rings is 1. The smallest absolute Gasteiger partial charge is 0.337 e. The van der Waals surface area contributed by atoms with Crippen LogP contribution in [0.2, 0.25) is 0 Å². The third-order valence-corrected chi connectivity index (χ3v) is 6.28. The monoisotopic (exact) mass is 450 g/mol. The molecule has 2 N–H and O–H groups in total. The van der Waals surface area contributed by atoms with E-state index in [0.29, 0.717) is 29.4 Å². The van der Waals surface area contributed by atoms with Crippen LogP contribution in [0, 0.1) is 0 Å². The second kappa shape index (κ2) is 9.62. The number of aromatic carboxylic acids is 1. The second-order valence-corrected chi connectivity index (χ2v) is 8.73. The van der Waals surface area contributed by atoms with E-state index in [1.54, 1.807) is 23.8 Å². The number of carboxylic acids is 1. The molecule has 0 unspecified atom stereocenters. The number of ether oxygens (including phenoxy) is 1. The molecule has 0 atom stereocenters. The number of methoxy groups -OCH3 is 1. The van der Waals surface area contributed by atoms with Crippen LogP contribution >= 0.6 is 0 Å². The van der Waals surface area contributed by atoms with Crippen molar-refractivity contribution in [2.45, 2.75) is 45.3 Å². The molecule has 0 aliphatic carbocycles. The fourth-order valence-electron chi connectivity index (χ4n) is 4.42. The zero-order valence-corrected chi connectivity index (χ0v) is 19.2. The fraction of sp³-hybridized carbons (Fsp3) is 0.400. The van der Waals surface area contributed by atoms with Crippen LogP contribution in [-0.2, 0) is 6.54 Å². The number of likely N-dealkylation sites (tertiary alicyclic amines) is 1. The predicted molar refractivity (Wildman–Crippen MR) is 126 cm³/mol. The molecule has 4 rings (SSSR count). The van der Waals surface area contributed by atoms with Crippen molar-refractivity contribution in [1.29, 1.82) is 0 Å². The molecule has 3 aromatic rings. The van der Waals surface area contributed by atoms with Gasteiger partial charge in [0.2, 0.25) is 0 Å². The van der Waals surface area contributed by atoms with Gasteiger partial charge in [0.1, 0.15) is 11.3 Å². The van der Waals surface area contributed by atoms with E-state index < -0.39 is 5.97 Å². The Morgan fingerprint density at radius 2 is 1.91 bits per heavy atom. The van der Waals surface area contributed by atoms with Gasteiger partial charge in [-0.3, -0.25) is 4.79 Å². The van der Waals surface area contributed by atoms with E-state index in [1.165, 1.54) is 6.07 Å². The molecule has 0 radical (unpaired) electrons. The largest absolute Gasteiger partial charge is 0.497 e. The predicted octanol–water partition coefficient (Wildman–Crippen LogP) is 3.39. The summed E-state index contributed by atoms with van der Waals surface area (Å²) in [6, 6.07) is 13.1. The number of carboxylic acid groups (broad SMARTS) is 1. The number of carbonyl (C=O) groups is 2. The number of carbonyl (C=O) groups excluding carboxylic acids is 1. The first-order chi connectivity index (χ1) is 15.9. The van der Waals surface area contributed by atoms with Gasteiger partial charge < -0.3 is 24.6 Å². The highest BCUT2D eigenvalue weighted by Gasteiger charge is 2.26. The van der Waals surface area contributed by atoms with Gasteiger partial charge in [0.05, 0.1) is 18.2 Å². The van der Waals surface area contributed by atoms with Crippen molar-refractivity contribution in [3.8, 4) is 5.75 Å². The van der Waals surface area contributed by atoms with Gasteiger partial charge in [-0.2, -0.15) is 0 Å². The molecule has 8 nitrogen and oxygen atoms in total. The summed E-state index contributed by atoms with van der Waals surface area (Å²) in [5.74, 6) is -0.424. The van der Waals surface area contributed by atoms with Crippen LogP contribution in [0.25, 0.3) is 11.0 Å². The number of nitrogens with one attached hydrogen (secondary N) is 1. The van der Waals surface area contributed by atoms with E-state index in [4.69, 9.17) is 4.74 Å². The number of fused-ring (bicyclic) bond motifs is 1. The summed E-state index contributed by atoms with van der Waals surface area (Å²) in [4.78, 5) is 32.0. The normalized spacial score (nSPS) is 15.2. The Kier molecular flexibility index (Phi) is 6.65. The average molecular weight is 451 g/mol. The molecule has 1 aromatic heterocycles. The molecule has 0 saturated carbocycles. The van der Waals surface area contributed by atoms with Gasteiger partial charge in [-0.1, -0.05) is 18.2 Å². The molecular weight excluding hydrogens is 420 g/mol. The molecular formula is C25H30N4O4. The molecule has 174 valence electrons. The van der Waals surface area contributed by atoms with Gasteiger partial charge in [0, 0.05) is 31.7 Å². The lowest BCUT2D eigenvalue weighted by Gasteiger charge is -2.34. The van der Waals surface area contributed by atoms with Crippen molar-refractivity contribution in [3.05, 3.63) is 59.4 Å². The minimum atomic E-state index is -1.07. The van der Waals surface area contributed by atoms with Gasteiger partial charge in [-0.05, 0) is 56.5 Å². The molecule has 0 bridgehead atoms. The summed E-state index contributed by atoms with van der Waals surface area (Å²) in [5, 5.41) is 12.8. The number of benzene rings is 2. The number of hydrogen-bond acceptors (Lipinski definition) is 5. The van der Waals surface area contributed by atoms with E-state index in [9.17, 15) is 14.7 Å². The lowest BCUT2D eigenvalue weighted by molar-refractivity contribution is 0.0698. The maximum absolute atomic E-state index is 13.3. The van der Waals surface area contributed by atoms with Crippen LogP contribution in [0.4, 0.5) is 0 Å². The number of para-hydroxylation sites is 1. The number of aromatic nitrogens is 2. The first-order valence-corrected chi connectivity index (χ1v) is 11.3. The number of nitrogens with zero attached hydrogens (tertiary/aromatic N) is 3. The molecule has 1 saturated heterocycles. The quantitative estimate of drug-likeness (QED) is 0.573. The number of hydrogen-bond donors (Lipinski definition) is 2. The summed E-state index contributed by atoms with van der Waals surface area (Å²) < 4.78 is 7.12. The van der Waals surface area contributed by atoms with Gasteiger partial charge in [-0.25, -0.2) is 9.78 Å². The number of amides is 1. The fourth-order valence-corrected chi connectivity index (χ4v) is 4.42. The first-order valence-electron chi connectivity index (χ1n) is 11.3. The minimum absolute atomic E-state index is 0.0662. The molecule has 0 spiro atoms. The summed E-state index contributed by atoms with van der Waals surface area (Å²) in [5.41, 5.74) is 1.93. The Hall–Kier alpha value is -3.39. The van der Waals surface area contributed by atoms with Crippen LogP contribution < -0.4 is 10.1 Å². The zero-order valence-electron chi connectivity index (χ0n) is 19.2. The third-order valence-electron chi connectivity index (χ3n) is 6.28. The summed E-state index contributed by atoms with van der Waals surface area (Å²) in [6.45, 7) is 6.60. The SMILES string of the molecule is COc1cccc(Cn2c(C(=O)NC3CCN(C(C)C)CC3)nc3c(C(=O)O)cccc32)c1. The van der Waals surface area contributed by atoms with E-state index in [-0.39, 0.29) is 23.3 Å². The Labute approximate surface area is 193 Å². The van der Waals surface area contributed by atoms with Crippen LogP contribution in [0.3, 0.4) is 0 Å². The van der Waals surface area contributed by atoms with E-state index in [1.807, 2.05) is 24.3 Å². The lowest BCUT2D eigenvalue weighted by Crippen LogP contribution is -2.47. The molecule has 2 aromatic carbocycles. The molecule has 1 amide bonds. The Bertz CT molecular complexity index is 1160. The van der Waals surface area contributed by atoms with Gasteiger partial charge in [-0.15, -0.1) is 0 Å². The Balaban J connectivity index is 1.67. The van der Waals surface area contributed by atoms with Crippen molar-refractivity contribution < 1.29 is 19.4 Å².